The number of rotatable bonds is 2. The molecule has 136 valence electrons. The molecule has 0 bridgehead atoms. The minimum absolute atomic E-state index is 0.113. The molecule has 1 fully saturated rings. The first-order valence-electron chi connectivity index (χ1n) is 7.73. The number of carboxylic acid groups (broad SMARTS) is 1. The maximum Gasteiger partial charge on any atom is 0.306 e. The highest BCUT2D eigenvalue weighted by Crippen LogP contribution is 2.36. The zero-order valence-corrected chi connectivity index (χ0v) is 15.1. The molecule has 0 atom stereocenters. The van der Waals surface area contributed by atoms with Gasteiger partial charge in [-0.05, 0) is 37.1 Å². The number of carboxylic acids is 1. The molecule has 0 spiro atoms. The molecular formula is C17H18BrF2NO4. The van der Waals surface area contributed by atoms with Crippen LogP contribution in [0.2, 0.25) is 0 Å². The monoisotopic (exact) mass is 417 g/mol. The van der Waals surface area contributed by atoms with Gasteiger partial charge >= 0.3 is 5.97 Å². The van der Waals surface area contributed by atoms with Gasteiger partial charge < -0.3 is 14.8 Å². The number of benzene rings is 1. The van der Waals surface area contributed by atoms with Crippen molar-refractivity contribution in [1.29, 1.82) is 0 Å². The van der Waals surface area contributed by atoms with E-state index in [1.807, 2.05) is 18.2 Å². The Labute approximate surface area is 151 Å². The topological polar surface area (TPSA) is 79.5 Å². The lowest BCUT2D eigenvalue weighted by molar-refractivity contribution is -0.145. The molecule has 2 N–H and O–H groups in total. The quantitative estimate of drug-likeness (QED) is 0.756. The van der Waals surface area contributed by atoms with Crippen LogP contribution in [-0.4, -0.2) is 30.0 Å². The van der Waals surface area contributed by atoms with Gasteiger partial charge in [0, 0.05) is 29.7 Å². The molecule has 0 radical (unpaired) electrons. The SMILES string of the molecule is CNC(=O)c1cc2ccc(Br)cc2o1.O=C(O)C1CCC(F)(F)CC1. The van der Waals surface area contributed by atoms with E-state index in [-0.39, 0.29) is 31.6 Å². The molecule has 5 nitrogen and oxygen atoms in total. The number of nitrogens with one attached hydrogen (secondary N) is 1. The number of hydrogen-bond acceptors (Lipinski definition) is 3. The third kappa shape index (κ3) is 5.26. The van der Waals surface area contributed by atoms with Crippen LogP contribution in [0.3, 0.4) is 0 Å². The number of halogens is 3. The molecule has 0 saturated heterocycles. The van der Waals surface area contributed by atoms with Crippen LogP contribution in [0.4, 0.5) is 8.78 Å². The average molecular weight is 418 g/mol. The van der Waals surface area contributed by atoms with E-state index in [9.17, 15) is 18.4 Å². The van der Waals surface area contributed by atoms with Crippen molar-refractivity contribution in [2.45, 2.75) is 31.6 Å². The minimum atomic E-state index is -2.62. The number of alkyl halides is 2. The molecule has 2 aromatic rings. The maximum atomic E-state index is 12.4. The second-order valence-electron chi connectivity index (χ2n) is 5.84. The minimum Gasteiger partial charge on any atom is -0.481 e. The zero-order chi connectivity index (χ0) is 18.6. The Balaban J connectivity index is 0.000000186. The number of carbonyl (C=O) groups is 2. The summed E-state index contributed by atoms with van der Waals surface area (Å²) in [5, 5.41) is 11.9. The van der Waals surface area contributed by atoms with Crippen LogP contribution < -0.4 is 5.32 Å². The fourth-order valence-electron chi connectivity index (χ4n) is 2.53. The Bertz CT molecular complexity index is 765. The Morgan fingerprint density at radius 1 is 1.28 bits per heavy atom. The average Bonchev–Trinajstić information content (AvgIpc) is 2.97. The summed E-state index contributed by atoms with van der Waals surface area (Å²) in [5.74, 6) is -3.99. The second-order valence-corrected chi connectivity index (χ2v) is 6.76. The number of aliphatic carboxylic acids is 1. The number of carbonyl (C=O) groups excluding carboxylic acids is 1. The van der Waals surface area contributed by atoms with Gasteiger partial charge in [-0.2, -0.15) is 0 Å². The van der Waals surface area contributed by atoms with E-state index >= 15 is 0 Å². The van der Waals surface area contributed by atoms with Crippen molar-refractivity contribution in [3.05, 3.63) is 34.5 Å². The summed E-state index contributed by atoms with van der Waals surface area (Å²) in [6.45, 7) is 0. The summed E-state index contributed by atoms with van der Waals surface area (Å²) in [4.78, 5) is 21.6. The lowest BCUT2D eigenvalue weighted by Crippen LogP contribution is -2.28. The summed E-state index contributed by atoms with van der Waals surface area (Å²) < 4.78 is 31.2. The lowest BCUT2D eigenvalue weighted by atomic mass is 9.87. The molecule has 1 aromatic carbocycles. The number of amides is 1. The van der Waals surface area contributed by atoms with Crippen molar-refractivity contribution in [2.24, 2.45) is 5.92 Å². The van der Waals surface area contributed by atoms with E-state index in [1.54, 1.807) is 13.1 Å². The molecule has 1 saturated carbocycles. The Hall–Kier alpha value is -1.96. The lowest BCUT2D eigenvalue weighted by Gasteiger charge is -2.25. The predicted molar refractivity (Wildman–Crippen MR) is 91.8 cm³/mol. The van der Waals surface area contributed by atoms with Crippen molar-refractivity contribution in [2.75, 3.05) is 7.05 Å². The van der Waals surface area contributed by atoms with Crippen molar-refractivity contribution >= 4 is 38.8 Å². The van der Waals surface area contributed by atoms with Gasteiger partial charge in [0.15, 0.2) is 5.76 Å². The van der Waals surface area contributed by atoms with E-state index in [0.717, 1.165) is 9.86 Å². The first-order chi connectivity index (χ1) is 11.7. The molecule has 1 aliphatic rings. The van der Waals surface area contributed by atoms with E-state index < -0.39 is 17.8 Å². The van der Waals surface area contributed by atoms with Crippen molar-refractivity contribution in [1.82, 2.24) is 5.32 Å². The van der Waals surface area contributed by atoms with Crippen molar-refractivity contribution < 1.29 is 27.9 Å². The number of fused-ring (bicyclic) bond motifs is 1. The Morgan fingerprint density at radius 2 is 1.92 bits per heavy atom. The predicted octanol–water partition coefficient (Wildman–Crippen LogP) is 4.45. The highest BCUT2D eigenvalue weighted by Gasteiger charge is 2.37. The summed E-state index contributed by atoms with van der Waals surface area (Å²) in [6.07, 6.45) is -0.321. The largest absolute Gasteiger partial charge is 0.481 e. The van der Waals surface area contributed by atoms with Crippen LogP contribution in [0.5, 0.6) is 0 Å². The highest BCUT2D eigenvalue weighted by molar-refractivity contribution is 9.10. The van der Waals surface area contributed by atoms with Crippen LogP contribution in [0.15, 0.2) is 33.2 Å². The van der Waals surface area contributed by atoms with Gasteiger partial charge in [-0.3, -0.25) is 9.59 Å². The standard InChI is InChI=1S/C10H8BrNO2.C7H10F2O2/c1-12-10(13)9-4-6-2-3-7(11)5-8(6)14-9;8-7(9)3-1-5(2-4-7)6(10)11/h2-5H,1H3,(H,12,13);5H,1-4H2,(H,10,11). The fourth-order valence-corrected chi connectivity index (χ4v) is 2.87. The van der Waals surface area contributed by atoms with E-state index in [0.29, 0.717) is 11.3 Å². The van der Waals surface area contributed by atoms with Gasteiger partial charge in [0.25, 0.3) is 5.91 Å². The summed E-state index contributed by atoms with van der Waals surface area (Å²) in [7, 11) is 1.57. The molecule has 3 rings (SSSR count). The molecule has 1 heterocycles. The molecular weight excluding hydrogens is 400 g/mol. The fraction of sp³-hybridized carbons (Fsp3) is 0.412. The molecule has 0 unspecified atom stereocenters. The van der Waals surface area contributed by atoms with E-state index in [4.69, 9.17) is 9.52 Å². The van der Waals surface area contributed by atoms with Gasteiger partial charge in [0.1, 0.15) is 5.58 Å². The Kier molecular flexibility index (Phi) is 6.16. The van der Waals surface area contributed by atoms with Crippen LogP contribution in [0, 0.1) is 5.92 Å². The number of furan rings is 1. The Morgan fingerprint density at radius 3 is 2.48 bits per heavy atom. The van der Waals surface area contributed by atoms with Gasteiger partial charge in [-0.25, -0.2) is 8.78 Å². The van der Waals surface area contributed by atoms with Gasteiger partial charge in [-0.1, -0.05) is 15.9 Å². The first-order valence-corrected chi connectivity index (χ1v) is 8.53. The first kappa shape index (κ1) is 19.4. The van der Waals surface area contributed by atoms with Crippen LogP contribution >= 0.6 is 15.9 Å². The molecule has 1 aliphatic carbocycles. The van der Waals surface area contributed by atoms with Gasteiger partial charge in [0.2, 0.25) is 5.92 Å². The van der Waals surface area contributed by atoms with Crippen LogP contribution in [-0.2, 0) is 4.79 Å². The van der Waals surface area contributed by atoms with Crippen molar-refractivity contribution in [3.8, 4) is 0 Å². The van der Waals surface area contributed by atoms with Gasteiger partial charge in [-0.15, -0.1) is 0 Å². The van der Waals surface area contributed by atoms with Crippen molar-refractivity contribution in [3.63, 3.8) is 0 Å². The summed E-state index contributed by atoms with van der Waals surface area (Å²) >= 11 is 3.34. The highest BCUT2D eigenvalue weighted by atomic mass is 79.9. The van der Waals surface area contributed by atoms with Gasteiger partial charge in [0.05, 0.1) is 5.92 Å². The maximum absolute atomic E-state index is 12.4. The zero-order valence-electron chi connectivity index (χ0n) is 13.5. The molecule has 8 heteroatoms. The second kappa shape index (κ2) is 7.95. The van der Waals surface area contributed by atoms with Crippen LogP contribution in [0.1, 0.15) is 36.2 Å². The molecule has 1 aromatic heterocycles. The summed E-state index contributed by atoms with van der Waals surface area (Å²) in [6, 6.07) is 7.36. The van der Waals surface area contributed by atoms with E-state index in [1.165, 1.54) is 0 Å². The summed E-state index contributed by atoms with van der Waals surface area (Å²) in [5.41, 5.74) is 0.706. The molecule has 25 heavy (non-hydrogen) atoms. The normalized spacial score (nSPS) is 16.8. The molecule has 0 aliphatic heterocycles. The third-order valence-corrected chi connectivity index (χ3v) is 4.49. The smallest absolute Gasteiger partial charge is 0.306 e. The van der Waals surface area contributed by atoms with Crippen LogP contribution in [0.25, 0.3) is 11.0 Å². The van der Waals surface area contributed by atoms with E-state index in [2.05, 4.69) is 21.2 Å². The number of hydrogen-bond donors (Lipinski definition) is 2. The third-order valence-electron chi connectivity index (χ3n) is 4.00. The molecule has 1 amide bonds.